The van der Waals surface area contributed by atoms with E-state index in [1.807, 2.05) is 34.6 Å². The van der Waals surface area contributed by atoms with E-state index >= 15 is 0 Å². The number of aryl methyl sites for hydroxylation is 1. The first-order chi connectivity index (χ1) is 9.19. The molecule has 0 bridgehead atoms. The molecule has 114 valence electrons. The molecule has 1 saturated heterocycles. The van der Waals surface area contributed by atoms with Gasteiger partial charge in [0, 0.05) is 11.5 Å². The fourth-order valence-electron chi connectivity index (χ4n) is 2.33. The van der Waals surface area contributed by atoms with Crippen molar-refractivity contribution in [2.24, 2.45) is 0 Å². The monoisotopic (exact) mass is 312 g/mol. The van der Waals surface area contributed by atoms with Gasteiger partial charge in [-0.2, -0.15) is 0 Å². The van der Waals surface area contributed by atoms with Crippen LogP contribution in [0, 0.1) is 12.7 Å². The Hall–Kier alpha value is -1.11. The first-order valence-corrected chi connectivity index (χ1v) is 6.71. The van der Waals surface area contributed by atoms with Crippen LogP contribution in [0.5, 0.6) is 0 Å². The molecule has 4 nitrogen and oxygen atoms in total. The maximum atomic E-state index is 14.3. The molecule has 1 aromatic heterocycles. The number of aromatic amines is 1. The largest absolute Gasteiger partial charge is 0.497 e. The number of H-pyrrole nitrogens is 1. The van der Waals surface area contributed by atoms with E-state index in [9.17, 15) is 4.39 Å². The van der Waals surface area contributed by atoms with Gasteiger partial charge in [-0.1, -0.05) is 0 Å². The molecule has 1 aliphatic heterocycles. The van der Waals surface area contributed by atoms with Gasteiger partial charge in [0.2, 0.25) is 0 Å². The molecule has 3 rings (SSSR count). The van der Waals surface area contributed by atoms with Gasteiger partial charge in [-0.25, -0.2) is 9.37 Å². The first kappa shape index (κ1) is 16.3. The minimum absolute atomic E-state index is 0. The fraction of sp³-hybridized carbons (Fsp3) is 0.500. The number of halogens is 2. The van der Waals surface area contributed by atoms with Crippen LogP contribution < -0.4 is 5.46 Å². The Morgan fingerprint density at radius 3 is 2.29 bits per heavy atom. The Morgan fingerprint density at radius 1 is 1.14 bits per heavy atom. The van der Waals surface area contributed by atoms with Crippen LogP contribution in [0.1, 0.15) is 33.5 Å². The molecule has 0 atom stereocenters. The zero-order chi connectivity index (χ0) is 14.7. The number of rotatable bonds is 1. The van der Waals surface area contributed by atoms with Gasteiger partial charge in [-0.3, -0.25) is 0 Å². The summed E-state index contributed by atoms with van der Waals surface area (Å²) in [5, 5.41) is 0. The highest BCUT2D eigenvalue weighted by atomic mass is 35.5. The van der Waals surface area contributed by atoms with Crippen LogP contribution in [0.2, 0.25) is 0 Å². The number of fused-ring (bicyclic) bond motifs is 1. The number of hydrogen-bond acceptors (Lipinski definition) is 3. The highest BCUT2D eigenvalue weighted by molar-refractivity contribution is 6.62. The number of imidazole rings is 1. The highest BCUT2D eigenvalue weighted by Crippen LogP contribution is 2.36. The quantitative estimate of drug-likeness (QED) is 0.824. The molecule has 1 aromatic carbocycles. The number of benzene rings is 1. The van der Waals surface area contributed by atoms with Gasteiger partial charge in [-0.05, 0) is 40.7 Å². The van der Waals surface area contributed by atoms with E-state index in [2.05, 4.69) is 9.97 Å². The van der Waals surface area contributed by atoms with Crippen molar-refractivity contribution in [3.63, 3.8) is 0 Å². The molecule has 0 saturated carbocycles. The topological polar surface area (TPSA) is 47.1 Å². The molecule has 0 amide bonds. The fourth-order valence-corrected chi connectivity index (χ4v) is 2.33. The summed E-state index contributed by atoms with van der Waals surface area (Å²) in [6.07, 6.45) is 0. The summed E-state index contributed by atoms with van der Waals surface area (Å²) in [5.74, 6) is 0.396. The van der Waals surface area contributed by atoms with Crippen molar-refractivity contribution in [1.82, 2.24) is 9.97 Å². The summed E-state index contributed by atoms with van der Waals surface area (Å²) in [4.78, 5) is 7.32. The van der Waals surface area contributed by atoms with Crippen molar-refractivity contribution in [1.29, 1.82) is 0 Å². The molecule has 1 aliphatic rings. The lowest BCUT2D eigenvalue weighted by Gasteiger charge is -2.32. The van der Waals surface area contributed by atoms with Crippen LogP contribution in [0.25, 0.3) is 11.0 Å². The third-order valence-electron chi connectivity index (χ3n) is 4.23. The van der Waals surface area contributed by atoms with E-state index in [1.54, 1.807) is 6.07 Å². The summed E-state index contributed by atoms with van der Waals surface area (Å²) in [6.45, 7) is 9.63. The summed E-state index contributed by atoms with van der Waals surface area (Å²) in [6, 6.07) is 3.13. The number of nitrogens with zero attached hydrogens (tertiary/aromatic N) is 1. The van der Waals surface area contributed by atoms with Crippen LogP contribution in [0.15, 0.2) is 12.1 Å². The molecule has 1 fully saturated rings. The van der Waals surface area contributed by atoms with Gasteiger partial charge < -0.3 is 14.3 Å². The lowest BCUT2D eigenvalue weighted by molar-refractivity contribution is 0.00578. The zero-order valence-corrected chi connectivity index (χ0v) is 13.6. The van der Waals surface area contributed by atoms with Crippen molar-refractivity contribution < 1.29 is 13.7 Å². The van der Waals surface area contributed by atoms with Crippen molar-refractivity contribution >= 4 is 36.0 Å². The Balaban J connectivity index is 0.00000161. The molecular weight excluding hydrogens is 293 g/mol. The Kier molecular flexibility index (Phi) is 3.85. The minimum Gasteiger partial charge on any atom is -0.399 e. The van der Waals surface area contributed by atoms with Crippen LogP contribution in [-0.2, 0) is 9.31 Å². The van der Waals surface area contributed by atoms with Gasteiger partial charge in [0.25, 0.3) is 0 Å². The third-order valence-corrected chi connectivity index (χ3v) is 4.23. The molecule has 0 spiro atoms. The average molecular weight is 313 g/mol. The van der Waals surface area contributed by atoms with E-state index in [1.165, 1.54) is 6.07 Å². The molecule has 0 unspecified atom stereocenters. The molecule has 2 aromatic rings. The Bertz CT molecular complexity index is 671. The molecule has 0 radical (unpaired) electrons. The molecule has 7 heteroatoms. The summed E-state index contributed by atoms with van der Waals surface area (Å²) < 4.78 is 26.1. The minimum atomic E-state index is -0.701. The smallest absolute Gasteiger partial charge is 0.399 e. The highest BCUT2D eigenvalue weighted by Gasteiger charge is 2.52. The number of aromatic nitrogens is 2. The lowest BCUT2D eigenvalue weighted by atomic mass is 9.78. The maximum absolute atomic E-state index is 14.3. The van der Waals surface area contributed by atoms with E-state index < -0.39 is 18.3 Å². The predicted octanol–water partition coefficient (Wildman–Crippen LogP) is 2.73. The van der Waals surface area contributed by atoms with Gasteiger partial charge >= 0.3 is 7.12 Å². The van der Waals surface area contributed by atoms with Crippen molar-refractivity contribution in [2.75, 3.05) is 0 Å². The summed E-state index contributed by atoms with van der Waals surface area (Å²) in [5.41, 5.74) is 0.833. The lowest BCUT2D eigenvalue weighted by Crippen LogP contribution is -2.41. The van der Waals surface area contributed by atoms with Gasteiger partial charge in [0.1, 0.15) is 11.6 Å². The van der Waals surface area contributed by atoms with Crippen LogP contribution in [0.4, 0.5) is 4.39 Å². The van der Waals surface area contributed by atoms with E-state index in [4.69, 9.17) is 9.31 Å². The average Bonchev–Trinajstić information content (AvgIpc) is 2.74. The second-order valence-corrected chi connectivity index (χ2v) is 6.30. The summed E-state index contributed by atoms with van der Waals surface area (Å²) in [7, 11) is -0.701. The SMILES string of the molecule is Cc1nc2cc(F)c(B3OC(C)(C)C(C)(C)O3)cc2[nH]1.Cl. The predicted molar refractivity (Wildman–Crippen MR) is 83.8 cm³/mol. The van der Waals surface area contributed by atoms with Crippen molar-refractivity contribution in [3.8, 4) is 0 Å². The second-order valence-electron chi connectivity index (χ2n) is 6.30. The number of nitrogens with one attached hydrogen (secondary N) is 1. The standard InChI is InChI=1S/C14H18BFN2O2.ClH/c1-8-17-11-6-9(10(16)7-12(11)18-8)15-19-13(2,3)14(4,5)20-15;/h6-7H,1-5H3,(H,17,18);1H. The van der Waals surface area contributed by atoms with Gasteiger partial charge in [0.15, 0.2) is 0 Å². The van der Waals surface area contributed by atoms with E-state index in [-0.39, 0.29) is 18.2 Å². The molecule has 1 N–H and O–H groups in total. The normalized spacial score (nSPS) is 19.8. The third kappa shape index (κ3) is 2.56. The van der Waals surface area contributed by atoms with Gasteiger partial charge in [-0.15, -0.1) is 12.4 Å². The Morgan fingerprint density at radius 2 is 1.71 bits per heavy atom. The molecule has 21 heavy (non-hydrogen) atoms. The summed E-state index contributed by atoms with van der Waals surface area (Å²) >= 11 is 0. The zero-order valence-electron chi connectivity index (χ0n) is 12.8. The Labute approximate surface area is 130 Å². The van der Waals surface area contributed by atoms with Gasteiger partial charge in [0.05, 0.1) is 22.2 Å². The molecular formula is C14H19BClFN2O2. The number of hydrogen-bond donors (Lipinski definition) is 1. The molecule has 0 aliphatic carbocycles. The van der Waals surface area contributed by atoms with E-state index in [0.29, 0.717) is 11.0 Å². The molecule has 2 heterocycles. The van der Waals surface area contributed by atoms with Crippen LogP contribution >= 0.6 is 12.4 Å². The van der Waals surface area contributed by atoms with Crippen molar-refractivity contribution in [2.45, 2.75) is 45.8 Å². The first-order valence-electron chi connectivity index (χ1n) is 6.71. The van der Waals surface area contributed by atoms with Crippen LogP contribution in [0.3, 0.4) is 0 Å². The van der Waals surface area contributed by atoms with E-state index in [0.717, 1.165) is 11.3 Å². The second kappa shape index (κ2) is 4.97. The van der Waals surface area contributed by atoms with Crippen LogP contribution in [-0.4, -0.2) is 28.3 Å². The maximum Gasteiger partial charge on any atom is 0.497 e. The van der Waals surface area contributed by atoms with Crippen molar-refractivity contribution in [3.05, 3.63) is 23.8 Å².